The van der Waals surface area contributed by atoms with E-state index in [2.05, 4.69) is 17.4 Å². The first-order chi connectivity index (χ1) is 14.8. The monoisotopic (exact) mass is 425 g/mol. The molecule has 2 aromatic rings. The molecule has 9 heteroatoms. The SMILES string of the molecule is Cc1cc(NC(=O)COC(=O)c2cccc(N3C(=O)[C@H]4C[C@H](C)CC[C@H]4C3=O)c2)no1. The molecule has 2 aliphatic rings. The van der Waals surface area contributed by atoms with Crippen LogP contribution in [0.3, 0.4) is 0 Å². The summed E-state index contributed by atoms with van der Waals surface area (Å²) in [5.74, 6) is -1.15. The van der Waals surface area contributed by atoms with E-state index in [0.29, 0.717) is 30.2 Å². The topological polar surface area (TPSA) is 119 Å². The number of ether oxygens (including phenoxy) is 1. The van der Waals surface area contributed by atoms with Crippen LogP contribution in [0.2, 0.25) is 0 Å². The van der Waals surface area contributed by atoms with Crippen LogP contribution in [0.4, 0.5) is 11.5 Å². The van der Waals surface area contributed by atoms with Crippen molar-refractivity contribution in [3.63, 3.8) is 0 Å². The Hall–Kier alpha value is -3.49. The number of hydrogen-bond donors (Lipinski definition) is 1. The maximum atomic E-state index is 12.9. The van der Waals surface area contributed by atoms with Crippen molar-refractivity contribution >= 4 is 35.2 Å². The number of anilines is 2. The van der Waals surface area contributed by atoms with Gasteiger partial charge in [-0.1, -0.05) is 18.1 Å². The molecule has 2 fully saturated rings. The molecule has 1 aliphatic carbocycles. The number of esters is 1. The molecule has 4 rings (SSSR count). The predicted octanol–water partition coefficient (Wildman–Crippen LogP) is 2.70. The smallest absolute Gasteiger partial charge is 0.338 e. The van der Waals surface area contributed by atoms with Crippen molar-refractivity contribution in [3.05, 3.63) is 41.7 Å². The quantitative estimate of drug-likeness (QED) is 0.578. The van der Waals surface area contributed by atoms with E-state index in [1.54, 1.807) is 19.1 Å². The molecule has 9 nitrogen and oxygen atoms in total. The van der Waals surface area contributed by atoms with Crippen LogP contribution in [-0.2, 0) is 19.1 Å². The Bertz CT molecular complexity index is 1050. The number of hydrogen-bond acceptors (Lipinski definition) is 7. The summed E-state index contributed by atoms with van der Waals surface area (Å²) < 4.78 is 9.90. The van der Waals surface area contributed by atoms with Gasteiger partial charge in [0.2, 0.25) is 11.8 Å². The Morgan fingerprint density at radius 1 is 1.19 bits per heavy atom. The van der Waals surface area contributed by atoms with E-state index in [-0.39, 0.29) is 35.0 Å². The minimum absolute atomic E-state index is 0.145. The van der Waals surface area contributed by atoms with Crippen molar-refractivity contribution in [2.75, 3.05) is 16.8 Å². The van der Waals surface area contributed by atoms with Gasteiger partial charge in [0.1, 0.15) is 5.76 Å². The van der Waals surface area contributed by atoms with Gasteiger partial charge in [-0.25, -0.2) is 4.79 Å². The molecule has 1 aromatic heterocycles. The first-order valence-corrected chi connectivity index (χ1v) is 10.2. The standard InChI is InChI=1S/C22H23N3O6/c1-12-6-7-16-17(8-12)21(28)25(20(16)27)15-5-3-4-14(10-15)22(29)30-11-19(26)23-18-9-13(2)31-24-18/h3-5,9-10,12,16-17H,6-8,11H2,1-2H3,(H,23,24,26)/t12-,16-,17+/m1/s1. The summed E-state index contributed by atoms with van der Waals surface area (Å²) in [7, 11) is 0. The van der Waals surface area contributed by atoms with Gasteiger partial charge in [-0.2, -0.15) is 0 Å². The molecule has 1 saturated heterocycles. The Balaban J connectivity index is 1.42. The predicted molar refractivity (Wildman–Crippen MR) is 109 cm³/mol. The average molecular weight is 425 g/mol. The van der Waals surface area contributed by atoms with Crippen LogP contribution in [0.1, 0.15) is 42.3 Å². The molecule has 3 amide bonds. The van der Waals surface area contributed by atoms with Gasteiger partial charge < -0.3 is 14.6 Å². The fraction of sp³-hybridized carbons (Fsp3) is 0.409. The molecular weight excluding hydrogens is 402 g/mol. The third-order valence-corrected chi connectivity index (χ3v) is 5.76. The van der Waals surface area contributed by atoms with Gasteiger partial charge in [-0.3, -0.25) is 19.3 Å². The van der Waals surface area contributed by atoms with E-state index in [0.717, 1.165) is 6.42 Å². The van der Waals surface area contributed by atoms with E-state index in [9.17, 15) is 19.2 Å². The molecule has 3 atom stereocenters. The molecule has 1 saturated carbocycles. The van der Waals surface area contributed by atoms with Gasteiger partial charge >= 0.3 is 5.97 Å². The van der Waals surface area contributed by atoms with Crippen LogP contribution in [0.5, 0.6) is 0 Å². The molecule has 0 radical (unpaired) electrons. The lowest BCUT2D eigenvalue weighted by molar-refractivity contribution is -0.122. The molecule has 0 bridgehead atoms. The Morgan fingerprint density at radius 2 is 1.97 bits per heavy atom. The fourth-order valence-corrected chi connectivity index (χ4v) is 4.23. The average Bonchev–Trinajstić information content (AvgIpc) is 3.26. The highest BCUT2D eigenvalue weighted by Crippen LogP contribution is 2.42. The third kappa shape index (κ3) is 4.21. The summed E-state index contributed by atoms with van der Waals surface area (Å²) in [5.41, 5.74) is 0.487. The van der Waals surface area contributed by atoms with Crippen LogP contribution in [0.15, 0.2) is 34.9 Å². The molecule has 162 valence electrons. The molecule has 31 heavy (non-hydrogen) atoms. The summed E-state index contributed by atoms with van der Waals surface area (Å²) in [6, 6.07) is 7.68. The van der Waals surface area contributed by atoms with Crippen LogP contribution in [0, 0.1) is 24.7 Å². The lowest BCUT2D eigenvalue weighted by Crippen LogP contribution is -2.31. The van der Waals surface area contributed by atoms with E-state index < -0.39 is 18.5 Å². The molecule has 1 aromatic carbocycles. The molecule has 2 heterocycles. The zero-order chi connectivity index (χ0) is 22.1. The number of benzene rings is 1. The van der Waals surface area contributed by atoms with Crippen molar-refractivity contribution in [2.45, 2.75) is 33.1 Å². The highest BCUT2D eigenvalue weighted by Gasteiger charge is 2.50. The van der Waals surface area contributed by atoms with Gasteiger partial charge in [0.05, 0.1) is 23.1 Å². The maximum Gasteiger partial charge on any atom is 0.338 e. The summed E-state index contributed by atoms with van der Waals surface area (Å²) >= 11 is 0. The molecule has 0 spiro atoms. The second-order valence-electron chi connectivity index (χ2n) is 8.14. The minimum Gasteiger partial charge on any atom is -0.452 e. The van der Waals surface area contributed by atoms with Crippen LogP contribution in [0.25, 0.3) is 0 Å². The molecule has 1 aliphatic heterocycles. The van der Waals surface area contributed by atoms with Crippen LogP contribution in [-0.4, -0.2) is 35.5 Å². The van der Waals surface area contributed by atoms with Gasteiger partial charge in [0.25, 0.3) is 5.91 Å². The normalized spacial score (nSPS) is 22.9. The zero-order valence-electron chi connectivity index (χ0n) is 17.3. The Kier molecular flexibility index (Phi) is 5.58. The number of aromatic nitrogens is 1. The van der Waals surface area contributed by atoms with Crippen molar-refractivity contribution < 1.29 is 28.4 Å². The van der Waals surface area contributed by atoms with Crippen molar-refractivity contribution in [1.29, 1.82) is 0 Å². The number of amides is 3. The maximum absolute atomic E-state index is 12.9. The largest absolute Gasteiger partial charge is 0.452 e. The summed E-state index contributed by atoms with van der Waals surface area (Å²) in [4.78, 5) is 51.3. The number of rotatable bonds is 5. The second kappa shape index (κ2) is 8.33. The Labute approximate surface area is 178 Å². The summed E-state index contributed by atoms with van der Waals surface area (Å²) in [6.07, 6.45) is 2.33. The zero-order valence-corrected chi connectivity index (χ0v) is 17.3. The molecule has 1 N–H and O–H groups in total. The molecular formula is C22H23N3O6. The van der Waals surface area contributed by atoms with Gasteiger partial charge in [-0.15, -0.1) is 0 Å². The van der Waals surface area contributed by atoms with Crippen LogP contribution < -0.4 is 10.2 Å². The first-order valence-electron chi connectivity index (χ1n) is 10.2. The lowest BCUT2D eigenvalue weighted by atomic mass is 9.76. The van der Waals surface area contributed by atoms with Crippen molar-refractivity contribution in [3.8, 4) is 0 Å². The Morgan fingerprint density at radius 3 is 2.71 bits per heavy atom. The summed E-state index contributed by atoms with van der Waals surface area (Å²) in [6.45, 7) is 3.26. The number of aryl methyl sites for hydroxylation is 1. The van der Waals surface area contributed by atoms with Gasteiger partial charge in [-0.05, 0) is 50.3 Å². The lowest BCUT2D eigenvalue weighted by Gasteiger charge is -2.25. The van der Waals surface area contributed by atoms with Crippen molar-refractivity contribution in [1.82, 2.24) is 5.16 Å². The molecule has 0 unspecified atom stereocenters. The second-order valence-corrected chi connectivity index (χ2v) is 8.14. The summed E-state index contributed by atoms with van der Waals surface area (Å²) in [5, 5.41) is 6.08. The fourth-order valence-electron chi connectivity index (χ4n) is 4.23. The number of nitrogens with zero attached hydrogens (tertiary/aromatic N) is 2. The van der Waals surface area contributed by atoms with Crippen molar-refractivity contribution in [2.24, 2.45) is 17.8 Å². The first kappa shape index (κ1) is 20.8. The van der Waals surface area contributed by atoms with Gasteiger partial charge in [0.15, 0.2) is 12.4 Å². The van der Waals surface area contributed by atoms with E-state index in [4.69, 9.17) is 9.26 Å². The number of fused-ring (bicyclic) bond motifs is 1. The highest BCUT2D eigenvalue weighted by molar-refractivity contribution is 6.22. The number of carbonyl (C=O) groups is 4. The van der Waals surface area contributed by atoms with Crippen LogP contribution >= 0.6 is 0 Å². The van der Waals surface area contributed by atoms with E-state index in [1.165, 1.54) is 23.1 Å². The third-order valence-electron chi connectivity index (χ3n) is 5.76. The van der Waals surface area contributed by atoms with E-state index >= 15 is 0 Å². The minimum atomic E-state index is -0.738. The number of nitrogens with one attached hydrogen (secondary N) is 1. The van der Waals surface area contributed by atoms with E-state index in [1.807, 2.05) is 0 Å². The van der Waals surface area contributed by atoms with Gasteiger partial charge in [0, 0.05) is 6.07 Å². The number of carbonyl (C=O) groups excluding carboxylic acids is 4. The highest BCUT2D eigenvalue weighted by atomic mass is 16.5. The number of imide groups is 1.